The van der Waals surface area contributed by atoms with Crippen LogP contribution in [0.5, 0.6) is 0 Å². The maximum atomic E-state index is 13.3. The lowest BCUT2D eigenvalue weighted by Crippen LogP contribution is -2.34. The van der Waals surface area contributed by atoms with Crippen molar-refractivity contribution < 1.29 is 13.7 Å². The van der Waals surface area contributed by atoms with Gasteiger partial charge < -0.3 is 14.7 Å². The number of benzene rings is 2. The summed E-state index contributed by atoms with van der Waals surface area (Å²) in [5.41, 5.74) is 1.27. The van der Waals surface area contributed by atoms with E-state index in [1.165, 1.54) is 12.1 Å². The van der Waals surface area contributed by atoms with Crippen LogP contribution in [-0.2, 0) is 0 Å². The Hall–Kier alpha value is -3.22. The van der Waals surface area contributed by atoms with Crippen molar-refractivity contribution in [2.75, 3.05) is 11.9 Å². The number of likely N-dealkylation sites (tertiary alicyclic amines) is 1. The maximum Gasteiger partial charge on any atom is 0.322 e. The van der Waals surface area contributed by atoms with E-state index >= 15 is 0 Å². The highest BCUT2D eigenvalue weighted by Gasteiger charge is 2.34. The molecule has 1 fully saturated rings. The summed E-state index contributed by atoms with van der Waals surface area (Å²) < 4.78 is 18.7. The van der Waals surface area contributed by atoms with E-state index in [1.54, 1.807) is 17.0 Å². The first-order valence-corrected chi connectivity index (χ1v) is 8.43. The van der Waals surface area contributed by atoms with Gasteiger partial charge in [-0.05, 0) is 31.0 Å². The van der Waals surface area contributed by atoms with E-state index in [0.717, 1.165) is 18.4 Å². The van der Waals surface area contributed by atoms with Gasteiger partial charge in [-0.2, -0.15) is 4.98 Å². The number of aromatic nitrogens is 2. The van der Waals surface area contributed by atoms with Crippen LogP contribution in [0.25, 0.3) is 11.4 Å². The van der Waals surface area contributed by atoms with Gasteiger partial charge in [-0.25, -0.2) is 9.18 Å². The van der Waals surface area contributed by atoms with Gasteiger partial charge in [0.2, 0.25) is 11.7 Å². The van der Waals surface area contributed by atoms with Crippen molar-refractivity contribution in [3.05, 3.63) is 66.3 Å². The van der Waals surface area contributed by atoms with Crippen LogP contribution in [0.4, 0.5) is 14.9 Å². The first-order valence-electron chi connectivity index (χ1n) is 8.43. The third-order valence-corrected chi connectivity index (χ3v) is 4.35. The van der Waals surface area contributed by atoms with Crippen LogP contribution >= 0.6 is 0 Å². The molecular weight excluding hydrogens is 335 g/mol. The fourth-order valence-corrected chi connectivity index (χ4v) is 3.10. The van der Waals surface area contributed by atoms with Crippen LogP contribution in [0, 0.1) is 5.82 Å². The van der Waals surface area contributed by atoms with Crippen molar-refractivity contribution in [2.24, 2.45) is 0 Å². The van der Waals surface area contributed by atoms with E-state index in [-0.39, 0.29) is 12.1 Å². The normalized spacial score (nSPS) is 16.7. The summed E-state index contributed by atoms with van der Waals surface area (Å²) in [6.07, 6.45) is 1.58. The topological polar surface area (TPSA) is 71.3 Å². The molecule has 0 bridgehead atoms. The maximum absolute atomic E-state index is 13.3. The Morgan fingerprint density at radius 1 is 1.19 bits per heavy atom. The zero-order valence-electron chi connectivity index (χ0n) is 13.9. The van der Waals surface area contributed by atoms with E-state index < -0.39 is 5.82 Å². The Balaban J connectivity index is 1.51. The quantitative estimate of drug-likeness (QED) is 0.765. The Morgan fingerprint density at radius 2 is 2.04 bits per heavy atom. The number of rotatable bonds is 3. The molecule has 0 spiro atoms. The number of hydrogen-bond donors (Lipinski definition) is 1. The molecule has 1 aliphatic rings. The number of nitrogens with zero attached hydrogens (tertiary/aromatic N) is 3. The lowest BCUT2D eigenvalue weighted by Gasteiger charge is -2.22. The van der Waals surface area contributed by atoms with Crippen LogP contribution in [0.2, 0.25) is 0 Å². The van der Waals surface area contributed by atoms with E-state index in [9.17, 15) is 9.18 Å². The minimum Gasteiger partial charge on any atom is -0.337 e. The minimum atomic E-state index is -0.398. The number of urea groups is 1. The number of carbonyl (C=O) groups excluding carboxylic acids is 1. The first kappa shape index (κ1) is 16.3. The van der Waals surface area contributed by atoms with Crippen LogP contribution in [0.15, 0.2) is 59.1 Å². The molecule has 2 heterocycles. The van der Waals surface area contributed by atoms with Crippen molar-refractivity contribution in [2.45, 2.75) is 18.9 Å². The summed E-state index contributed by atoms with van der Waals surface area (Å²) in [6, 6.07) is 14.7. The zero-order valence-corrected chi connectivity index (χ0v) is 13.9. The molecule has 0 unspecified atom stereocenters. The molecule has 0 saturated carbocycles. The standard InChI is InChI=1S/C19H17FN4O2/c20-14-8-4-9-15(12-14)21-19(25)24-11-5-10-16(24)18-22-17(23-26-18)13-6-2-1-3-7-13/h1-4,6-9,12,16H,5,10-11H2,(H,21,25)/t16-/m0/s1. The second-order valence-corrected chi connectivity index (χ2v) is 6.11. The molecule has 3 aromatic rings. The number of hydrogen-bond acceptors (Lipinski definition) is 4. The van der Waals surface area contributed by atoms with Gasteiger partial charge in [-0.3, -0.25) is 0 Å². The SMILES string of the molecule is O=C(Nc1cccc(F)c1)N1CCC[C@H]1c1nc(-c2ccccc2)no1. The molecule has 1 saturated heterocycles. The molecule has 132 valence electrons. The Bertz CT molecular complexity index is 913. The lowest BCUT2D eigenvalue weighted by molar-refractivity contribution is 0.193. The highest BCUT2D eigenvalue weighted by Crippen LogP contribution is 2.32. The zero-order chi connectivity index (χ0) is 17.9. The molecule has 0 radical (unpaired) electrons. The second kappa shape index (κ2) is 6.95. The van der Waals surface area contributed by atoms with Crippen molar-refractivity contribution >= 4 is 11.7 Å². The van der Waals surface area contributed by atoms with Gasteiger partial charge in [-0.15, -0.1) is 0 Å². The smallest absolute Gasteiger partial charge is 0.322 e. The summed E-state index contributed by atoms with van der Waals surface area (Å²) in [7, 11) is 0. The molecule has 1 atom stereocenters. The molecule has 7 heteroatoms. The molecular formula is C19H17FN4O2. The van der Waals surface area contributed by atoms with E-state index in [2.05, 4.69) is 15.5 Å². The summed E-state index contributed by atoms with van der Waals surface area (Å²) in [5.74, 6) is 0.513. The van der Waals surface area contributed by atoms with E-state index in [4.69, 9.17) is 4.52 Å². The van der Waals surface area contributed by atoms with Crippen LogP contribution < -0.4 is 5.32 Å². The van der Waals surface area contributed by atoms with Crippen molar-refractivity contribution in [1.29, 1.82) is 0 Å². The van der Waals surface area contributed by atoms with Crippen molar-refractivity contribution in [3.63, 3.8) is 0 Å². The third-order valence-electron chi connectivity index (χ3n) is 4.35. The molecule has 2 aromatic carbocycles. The summed E-state index contributed by atoms with van der Waals surface area (Å²) >= 11 is 0. The Labute approximate surface area is 149 Å². The van der Waals surface area contributed by atoms with Crippen LogP contribution in [0.1, 0.15) is 24.8 Å². The monoisotopic (exact) mass is 352 g/mol. The average Bonchev–Trinajstić information content (AvgIpc) is 3.32. The Morgan fingerprint density at radius 3 is 2.85 bits per heavy atom. The van der Waals surface area contributed by atoms with Gasteiger partial charge in [0.25, 0.3) is 0 Å². The number of nitrogens with one attached hydrogen (secondary N) is 1. The minimum absolute atomic E-state index is 0.284. The number of halogens is 1. The molecule has 1 aliphatic heterocycles. The predicted octanol–water partition coefficient (Wildman–Crippen LogP) is 4.24. The van der Waals surface area contributed by atoms with Gasteiger partial charge in [0.1, 0.15) is 11.9 Å². The van der Waals surface area contributed by atoms with Gasteiger partial charge in [-0.1, -0.05) is 41.6 Å². The third kappa shape index (κ3) is 3.28. The first-order chi connectivity index (χ1) is 12.7. The fourth-order valence-electron chi connectivity index (χ4n) is 3.10. The summed E-state index contributed by atoms with van der Waals surface area (Å²) in [6.45, 7) is 0.578. The molecule has 26 heavy (non-hydrogen) atoms. The Kier molecular flexibility index (Phi) is 4.35. The molecule has 6 nitrogen and oxygen atoms in total. The lowest BCUT2D eigenvalue weighted by atomic mass is 10.2. The summed E-state index contributed by atoms with van der Waals surface area (Å²) in [4.78, 5) is 18.7. The van der Waals surface area contributed by atoms with Gasteiger partial charge in [0.15, 0.2) is 0 Å². The fraction of sp³-hybridized carbons (Fsp3) is 0.211. The van der Waals surface area contributed by atoms with Gasteiger partial charge in [0.05, 0.1) is 0 Å². The van der Waals surface area contributed by atoms with Crippen LogP contribution in [0.3, 0.4) is 0 Å². The molecule has 1 N–H and O–H groups in total. The molecule has 0 aliphatic carbocycles. The van der Waals surface area contributed by atoms with Gasteiger partial charge >= 0.3 is 6.03 Å². The molecule has 2 amide bonds. The second-order valence-electron chi connectivity index (χ2n) is 6.11. The molecule has 4 rings (SSSR count). The molecule has 1 aromatic heterocycles. The van der Waals surface area contributed by atoms with Crippen molar-refractivity contribution in [3.8, 4) is 11.4 Å². The largest absolute Gasteiger partial charge is 0.337 e. The summed E-state index contributed by atoms with van der Waals surface area (Å²) in [5, 5.41) is 6.75. The van der Waals surface area contributed by atoms with E-state index in [0.29, 0.717) is 23.9 Å². The predicted molar refractivity (Wildman–Crippen MR) is 93.8 cm³/mol. The van der Waals surface area contributed by atoms with Crippen molar-refractivity contribution in [1.82, 2.24) is 15.0 Å². The number of anilines is 1. The highest BCUT2D eigenvalue weighted by atomic mass is 19.1. The highest BCUT2D eigenvalue weighted by molar-refractivity contribution is 5.89. The average molecular weight is 352 g/mol. The van der Waals surface area contributed by atoms with Crippen LogP contribution in [-0.4, -0.2) is 27.6 Å². The van der Waals surface area contributed by atoms with E-state index in [1.807, 2.05) is 30.3 Å². The number of carbonyl (C=O) groups is 1. The van der Waals surface area contributed by atoms with Gasteiger partial charge in [0, 0.05) is 17.8 Å². The number of amides is 2.